The van der Waals surface area contributed by atoms with E-state index in [1.807, 2.05) is 0 Å². The molecule has 0 aliphatic heterocycles. The molecule has 1 aliphatic carbocycles. The Bertz CT molecular complexity index is 970. The minimum absolute atomic E-state index is 0.156. The molecule has 1 saturated carbocycles. The molecule has 8 heteroatoms. The number of benzene rings is 2. The van der Waals surface area contributed by atoms with Gasteiger partial charge in [0.15, 0.2) is 0 Å². The molecule has 2 aromatic rings. The van der Waals surface area contributed by atoms with E-state index in [1.54, 1.807) is 43.3 Å². The van der Waals surface area contributed by atoms with Gasteiger partial charge in [0.05, 0.1) is 21.5 Å². The van der Waals surface area contributed by atoms with Gasteiger partial charge in [0.25, 0.3) is 0 Å². The largest absolute Gasteiger partial charge is 0.326 e. The normalized spacial score (nSPS) is 22.7. The fourth-order valence-corrected chi connectivity index (χ4v) is 4.54. The Hall–Kier alpha value is -1.72. The predicted octanol–water partition coefficient (Wildman–Crippen LogP) is 6.51. The number of hydrogen-bond donors (Lipinski definition) is 2. The molecule has 2 amide bonds. The maximum absolute atomic E-state index is 12.9. The molecule has 0 radical (unpaired) electrons. The van der Waals surface area contributed by atoms with E-state index < -0.39 is 10.8 Å². The summed E-state index contributed by atoms with van der Waals surface area (Å²) in [7, 11) is 0. The van der Waals surface area contributed by atoms with Crippen LogP contribution in [0.25, 0.3) is 0 Å². The summed E-state index contributed by atoms with van der Waals surface area (Å²) >= 11 is 24.9. The van der Waals surface area contributed by atoms with Crippen LogP contribution in [-0.2, 0) is 9.59 Å². The summed E-state index contributed by atoms with van der Waals surface area (Å²) in [4.78, 5) is 23.9. The lowest BCUT2D eigenvalue weighted by molar-refractivity contribution is -0.117. The van der Waals surface area contributed by atoms with Crippen molar-refractivity contribution in [3.8, 4) is 0 Å². The molecular formula is C21H18Cl4N2O2. The average molecular weight is 472 g/mol. The van der Waals surface area contributed by atoms with Gasteiger partial charge in [0, 0.05) is 28.1 Å². The number of hydrogen-bond acceptors (Lipinski definition) is 2. The van der Waals surface area contributed by atoms with E-state index in [0.717, 1.165) is 5.56 Å². The Morgan fingerprint density at radius 2 is 1.76 bits per heavy atom. The Kier molecular flexibility index (Phi) is 6.49. The molecule has 2 N–H and O–H groups in total. The summed E-state index contributed by atoms with van der Waals surface area (Å²) in [5.41, 5.74) is 1.71. The maximum Gasteiger partial charge on any atom is 0.229 e. The molecule has 4 nitrogen and oxygen atoms in total. The van der Waals surface area contributed by atoms with E-state index in [-0.39, 0.29) is 24.2 Å². The van der Waals surface area contributed by atoms with Crippen LogP contribution in [0.2, 0.25) is 15.1 Å². The van der Waals surface area contributed by atoms with Crippen molar-refractivity contribution in [2.45, 2.75) is 24.1 Å². The van der Waals surface area contributed by atoms with E-state index in [0.29, 0.717) is 26.4 Å². The first-order valence-corrected chi connectivity index (χ1v) is 10.3. The topological polar surface area (TPSA) is 58.2 Å². The third-order valence-corrected chi connectivity index (χ3v) is 6.04. The van der Waals surface area contributed by atoms with Crippen LogP contribution >= 0.6 is 46.4 Å². The first-order valence-electron chi connectivity index (χ1n) is 8.79. The molecule has 152 valence electrons. The van der Waals surface area contributed by atoms with Crippen molar-refractivity contribution in [3.63, 3.8) is 0 Å². The molecule has 1 fully saturated rings. The Labute approximate surface area is 189 Å². The minimum atomic E-state index is -0.758. The zero-order valence-corrected chi connectivity index (χ0v) is 18.5. The summed E-state index contributed by atoms with van der Waals surface area (Å²) in [6.07, 6.45) is 1.65. The lowest BCUT2D eigenvalue weighted by atomic mass is 10.1. The van der Waals surface area contributed by atoms with Gasteiger partial charge in [0.1, 0.15) is 0 Å². The summed E-state index contributed by atoms with van der Waals surface area (Å²) in [6, 6.07) is 10.0. The van der Waals surface area contributed by atoms with Crippen LogP contribution in [0.5, 0.6) is 0 Å². The van der Waals surface area contributed by atoms with Gasteiger partial charge in [-0.25, -0.2) is 0 Å². The van der Waals surface area contributed by atoms with E-state index >= 15 is 0 Å². The molecule has 0 spiro atoms. The second kappa shape index (κ2) is 8.57. The smallest absolute Gasteiger partial charge is 0.229 e. The van der Waals surface area contributed by atoms with E-state index in [2.05, 4.69) is 17.2 Å². The van der Waals surface area contributed by atoms with Crippen molar-refractivity contribution in [3.05, 3.63) is 69.7 Å². The molecule has 3 atom stereocenters. The Morgan fingerprint density at radius 3 is 2.38 bits per heavy atom. The second-order valence-electron chi connectivity index (χ2n) is 7.03. The van der Waals surface area contributed by atoms with Crippen LogP contribution in [0.4, 0.5) is 11.4 Å². The van der Waals surface area contributed by atoms with Gasteiger partial charge in [0.2, 0.25) is 11.8 Å². The first-order chi connectivity index (χ1) is 13.6. The first kappa shape index (κ1) is 22.0. The van der Waals surface area contributed by atoms with Crippen LogP contribution in [0.15, 0.2) is 49.1 Å². The molecule has 2 aromatic carbocycles. The van der Waals surface area contributed by atoms with Gasteiger partial charge in [-0.2, -0.15) is 0 Å². The summed E-state index contributed by atoms with van der Waals surface area (Å²) in [5.74, 6) is -1.18. The number of rotatable bonds is 6. The highest BCUT2D eigenvalue weighted by molar-refractivity contribution is 6.35. The highest BCUT2D eigenvalue weighted by atomic mass is 35.5. The number of nitrogens with one attached hydrogen (secondary N) is 2. The van der Waals surface area contributed by atoms with Crippen molar-refractivity contribution in [2.75, 3.05) is 10.6 Å². The molecule has 0 heterocycles. The molecule has 0 aromatic heterocycles. The van der Waals surface area contributed by atoms with Crippen LogP contribution in [0.3, 0.4) is 0 Å². The molecule has 29 heavy (non-hydrogen) atoms. The molecule has 3 unspecified atom stereocenters. The SMILES string of the molecule is C=CCC(=O)Nc1cc(NC(=O)C2C(c3cc(Cl)cc(Cl)c3)C2(C)Cl)ccc1Cl. The van der Waals surface area contributed by atoms with E-state index in [4.69, 9.17) is 46.4 Å². The van der Waals surface area contributed by atoms with Crippen molar-refractivity contribution in [2.24, 2.45) is 5.92 Å². The van der Waals surface area contributed by atoms with Gasteiger partial charge < -0.3 is 10.6 Å². The van der Waals surface area contributed by atoms with Crippen LogP contribution in [0.1, 0.15) is 24.8 Å². The van der Waals surface area contributed by atoms with Crippen LogP contribution in [0, 0.1) is 5.92 Å². The Balaban J connectivity index is 1.76. The molecular weight excluding hydrogens is 454 g/mol. The third-order valence-electron chi connectivity index (χ3n) is 4.80. The number of alkyl halides is 1. The maximum atomic E-state index is 12.9. The highest BCUT2D eigenvalue weighted by Crippen LogP contribution is 2.62. The predicted molar refractivity (Wildman–Crippen MR) is 120 cm³/mol. The highest BCUT2D eigenvalue weighted by Gasteiger charge is 2.65. The lowest BCUT2D eigenvalue weighted by Gasteiger charge is -2.10. The van der Waals surface area contributed by atoms with Gasteiger partial charge in [-0.05, 0) is 48.9 Å². The number of amides is 2. The number of halogens is 4. The zero-order valence-electron chi connectivity index (χ0n) is 15.4. The van der Waals surface area contributed by atoms with Gasteiger partial charge >= 0.3 is 0 Å². The van der Waals surface area contributed by atoms with Crippen molar-refractivity contribution in [1.82, 2.24) is 0 Å². The van der Waals surface area contributed by atoms with Gasteiger partial charge in [-0.15, -0.1) is 18.2 Å². The number of carbonyl (C=O) groups is 2. The van der Waals surface area contributed by atoms with Crippen LogP contribution < -0.4 is 10.6 Å². The summed E-state index contributed by atoms with van der Waals surface area (Å²) in [5, 5.41) is 6.87. The second-order valence-corrected chi connectivity index (χ2v) is 9.13. The molecule has 0 bridgehead atoms. The van der Waals surface area contributed by atoms with Gasteiger partial charge in [-0.1, -0.05) is 40.9 Å². The fourth-order valence-electron chi connectivity index (χ4n) is 3.41. The number of carbonyl (C=O) groups excluding carboxylic acids is 2. The number of anilines is 2. The molecule has 1 aliphatic rings. The monoisotopic (exact) mass is 470 g/mol. The van der Waals surface area contributed by atoms with Crippen LogP contribution in [-0.4, -0.2) is 16.7 Å². The van der Waals surface area contributed by atoms with Crippen molar-refractivity contribution in [1.29, 1.82) is 0 Å². The standard InChI is InChI=1S/C21H18Cl4N2O2/c1-3-4-17(28)27-16-10-14(5-6-15(16)24)26-20(29)19-18(21(19,2)25)11-7-12(22)9-13(23)8-11/h3,5-10,18-19H,1,4H2,2H3,(H,26,29)(H,27,28). The molecule has 0 saturated heterocycles. The average Bonchev–Trinajstić information content (AvgIpc) is 3.19. The van der Waals surface area contributed by atoms with Crippen molar-refractivity contribution >= 4 is 69.6 Å². The van der Waals surface area contributed by atoms with Gasteiger partial charge in [-0.3, -0.25) is 9.59 Å². The third kappa shape index (κ3) is 4.89. The minimum Gasteiger partial charge on any atom is -0.326 e. The summed E-state index contributed by atoms with van der Waals surface area (Å²) in [6.45, 7) is 5.33. The van der Waals surface area contributed by atoms with Crippen molar-refractivity contribution < 1.29 is 9.59 Å². The molecule has 3 rings (SSSR count). The Morgan fingerprint density at radius 1 is 1.10 bits per heavy atom. The van der Waals surface area contributed by atoms with E-state index in [9.17, 15) is 9.59 Å². The fraction of sp³-hybridized carbons (Fsp3) is 0.238. The summed E-state index contributed by atoms with van der Waals surface area (Å²) < 4.78 is 0. The zero-order chi connectivity index (χ0) is 21.3. The van der Waals surface area contributed by atoms with E-state index in [1.165, 1.54) is 6.08 Å². The quantitative estimate of drug-likeness (QED) is 0.372. The lowest BCUT2D eigenvalue weighted by Crippen LogP contribution is -2.18.